The Kier molecular flexibility index (Phi) is 5.34. The molecule has 0 aliphatic carbocycles. The van der Waals surface area contributed by atoms with Crippen molar-refractivity contribution in [3.63, 3.8) is 0 Å². The van der Waals surface area contributed by atoms with Crippen molar-refractivity contribution in [1.82, 2.24) is 10.1 Å². The Bertz CT molecular complexity index is 507. The van der Waals surface area contributed by atoms with E-state index in [-0.39, 0.29) is 6.04 Å². The molecule has 1 unspecified atom stereocenters. The molecule has 0 spiro atoms. The lowest BCUT2D eigenvalue weighted by Crippen LogP contribution is -2.31. The summed E-state index contributed by atoms with van der Waals surface area (Å²) >= 11 is 1.66. The van der Waals surface area contributed by atoms with E-state index in [2.05, 4.69) is 31.0 Å². The standard InChI is InChI=1S/C15H23N3OS/c1-11(2)13(16)6-7-18(3)10-12-9-14(19-17-12)15-5-4-8-20-15/h4-5,8-9,11,13H,6-7,10,16H2,1-3H3. The Morgan fingerprint density at radius 3 is 2.90 bits per heavy atom. The minimum absolute atomic E-state index is 0.261. The SMILES string of the molecule is CC(C)C(N)CCN(C)Cc1cc(-c2cccs2)on1. The first kappa shape index (κ1) is 15.2. The third-order valence-electron chi connectivity index (χ3n) is 3.46. The summed E-state index contributed by atoms with van der Waals surface area (Å²) in [6.45, 7) is 6.09. The zero-order valence-electron chi connectivity index (χ0n) is 12.4. The van der Waals surface area contributed by atoms with Gasteiger partial charge in [0, 0.05) is 18.7 Å². The monoisotopic (exact) mass is 293 g/mol. The number of rotatable bonds is 7. The molecule has 20 heavy (non-hydrogen) atoms. The first-order valence-electron chi connectivity index (χ1n) is 7.00. The van der Waals surface area contributed by atoms with E-state index in [0.717, 1.165) is 35.8 Å². The molecule has 5 heteroatoms. The summed E-state index contributed by atoms with van der Waals surface area (Å²) in [5.74, 6) is 1.38. The van der Waals surface area contributed by atoms with Crippen LogP contribution < -0.4 is 5.73 Å². The van der Waals surface area contributed by atoms with Crippen molar-refractivity contribution in [1.29, 1.82) is 0 Å². The third kappa shape index (κ3) is 4.16. The van der Waals surface area contributed by atoms with Gasteiger partial charge in [0.2, 0.25) is 0 Å². The molecule has 0 aliphatic rings. The van der Waals surface area contributed by atoms with Crippen LogP contribution in [0.3, 0.4) is 0 Å². The molecule has 1 atom stereocenters. The maximum atomic E-state index is 6.07. The van der Waals surface area contributed by atoms with Crippen molar-refractivity contribution < 1.29 is 4.52 Å². The van der Waals surface area contributed by atoms with Gasteiger partial charge in [-0.15, -0.1) is 11.3 Å². The predicted octanol–water partition coefficient (Wildman–Crippen LogP) is 3.21. The first-order valence-corrected chi connectivity index (χ1v) is 7.88. The topological polar surface area (TPSA) is 55.3 Å². The molecule has 0 saturated heterocycles. The number of thiophene rings is 1. The Morgan fingerprint density at radius 2 is 2.25 bits per heavy atom. The largest absolute Gasteiger partial charge is 0.355 e. The van der Waals surface area contributed by atoms with Gasteiger partial charge in [0.05, 0.1) is 10.6 Å². The van der Waals surface area contributed by atoms with Gasteiger partial charge in [-0.1, -0.05) is 25.1 Å². The molecule has 4 nitrogen and oxygen atoms in total. The fourth-order valence-corrected chi connectivity index (χ4v) is 2.65. The Labute approximate surface area is 124 Å². The molecule has 0 aliphatic heterocycles. The summed E-state index contributed by atoms with van der Waals surface area (Å²) in [7, 11) is 2.09. The van der Waals surface area contributed by atoms with Crippen LogP contribution in [0.25, 0.3) is 10.6 Å². The van der Waals surface area contributed by atoms with Gasteiger partial charge >= 0.3 is 0 Å². The number of hydrogen-bond acceptors (Lipinski definition) is 5. The van der Waals surface area contributed by atoms with Gasteiger partial charge in [-0.25, -0.2) is 0 Å². The lowest BCUT2D eigenvalue weighted by Gasteiger charge is -2.20. The van der Waals surface area contributed by atoms with Crippen LogP contribution in [0.2, 0.25) is 0 Å². The summed E-state index contributed by atoms with van der Waals surface area (Å²) in [5.41, 5.74) is 7.03. The van der Waals surface area contributed by atoms with Gasteiger partial charge in [0.15, 0.2) is 5.76 Å². The normalized spacial score (nSPS) is 13.3. The van der Waals surface area contributed by atoms with E-state index in [1.54, 1.807) is 11.3 Å². The molecular weight excluding hydrogens is 270 g/mol. The minimum Gasteiger partial charge on any atom is -0.355 e. The average molecular weight is 293 g/mol. The molecule has 110 valence electrons. The van der Waals surface area contributed by atoms with E-state index in [1.807, 2.05) is 23.6 Å². The van der Waals surface area contributed by atoms with Crippen LogP contribution in [0.1, 0.15) is 26.0 Å². The maximum absolute atomic E-state index is 6.07. The maximum Gasteiger partial charge on any atom is 0.177 e. The highest BCUT2D eigenvalue weighted by atomic mass is 32.1. The summed E-state index contributed by atoms with van der Waals surface area (Å²) < 4.78 is 5.38. The van der Waals surface area contributed by atoms with E-state index in [1.165, 1.54) is 0 Å². The van der Waals surface area contributed by atoms with Gasteiger partial charge < -0.3 is 15.2 Å². The van der Waals surface area contributed by atoms with Crippen LogP contribution in [0.15, 0.2) is 28.1 Å². The minimum atomic E-state index is 0.261. The van der Waals surface area contributed by atoms with Crippen molar-refractivity contribution >= 4 is 11.3 Å². The molecule has 0 aromatic carbocycles. The van der Waals surface area contributed by atoms with Crippen LogP contribution in [-0.2, 0) is 6.54 Å². The summed E-state index contributed by atoms with van der Waals surface area (Å²) in [6, 6.07) is 6.34. The van der Waals surface area contributed by atoms with Crippen LogP contribution in [0, 0.1) is 5.92 Å². The highest BCUT2D eigenvalue weighted by molar-refractivity contribution is 7.13. The van der Waals surface area contributed by atoms with Crippen molar-refractivity contribution in [2.75, 3.05) is 13.6 Å². The van der Waals surface area contributed by atoms with E-state index >= 15 is 0 Å². The lowest BCUT2D eigenvalue weighted by molar-refractivity contribution is 0.286. The fraction of sp³-hybridized carbons (Fsp3) is 0.533. The molecule has 0 amide bonds. The highest BCUT2D eigenvalue weighted by Gasteiger charge is 2.12. The molecule has 0 bridgehead atoms. The van der Waals surface area contributed by atoms with E-state index in [4.69, 9.17) is 10.3 Å². The second kappa shape index (κ2) is 7.02. The van der Waals surface area contributed by atoms with Crippen LogP contribution in [-0.4, -0.2) is 29.7 Å². The lowest BCUT2D eigenvalue weighted by atomic mass is 10.0. The van der Waals surface area contributed by atoms with Crippen LogP contribution in [0.5, 0.6) is 0 Å². The molecule has 0 radical (unpaired) electrons. The molecule has 2 rings (SSSR count). The van der Waals surface area contributed by atoms with Crippen molar-refractivity contribution in [2.45, 2.75) is 32.9 Å². The van der Waals surface area contributed by atoms with Gasteiger partial charge in [-0.05, 0) is 37.4 Å². The van der Waals surface area contributed by atoms with E-state index in [9.17, 15) is 0 Å². The Morgan fingerprint density at radius 1 is 1.45 bits per heavy atom. The Balaban J connectivity index is 1.84. The smallest absolute Gasteiger partial charge is 0.177 e. The molecule has 0 fully saturated rings. The van der Waals surface area contributed by atoms with Crippen LogP contribution >= 0.6 is 11.3 Å². The molecule has 2 heterocycles. The number of nitrogens with two attached hydrogens (primary N) is 1. The van der Waals surface area contributed by atoms with Crippen LogP contribution in [0.4, 0.5) is 0 Å². The summed E-state index contributed by atoms with van der Waals surface area (Å²) in [4.78, 5) is 3.35. The molecule has 0 saturated carbocycles. The van der Waals surface area contributed by atoms with E-state index < -0.39 is 0 Å². The third-order valence-corrected chi connectivity index (χ3v) is 4.34. The van der Waals surface area contributed by atoms with Gasteiger partial charge in [-0.2, -0.15) is 0 Å². The summed E-state index contributed by atoms with van der Waals surface area (Å²) in [6.07, 6.45) is 1.00. The zero-order chi connectivity index (χ0) is 14.5. The highest BCUT2D eigenvalue weighted by Crippen LogP contribution is 2.25. The molecular formula is C15H23N3OS. The quantitative estimate of drug-likeness (QED) is 0.851. The molecule has 2 aromatic rings. The first-order chi connectivity index (χ1) is 9.56. The van der Waals surface area contributed by atoms with Gasteiger partial charge in [0.25, 0.3) is 0 Å². The zero-order valence-corrected chi connectivity index (χ0v) is 13.2. The van der Waals surface area contributed by atoms with Gasteiger partial charge in [-0.3, -0.25) is 0 Å². The summed E-state index contributed by atoms with van der Waals surface area (Å²) in [5, 5.41) is 6.17. The number of nitrogens with zero attached hydrogens (tertiary/aromatic N) is 2. The molecule has 2 N–H and O–H groups in total. The second-order valence-corrected chi connectivity index (χ2v) is 6.54. The average Bonchev–Trinajstić information content (AvgIpc) is 3.05. The number of aromatic nitrogens is 1. The molecule has 2 aromatic heterocycles. The number of hydrogen-bond donors (Lipinski definition) is 1. The van der Waals surface area contributed by atoms with Crippen molar-refractivity contribution in [2.24, 2.45) is 11.7 Å². The van der Waals surface area contributed by atoms with Crippen molar-refractivity contribution in [3.8, 4) is 10.6 Å². The fourth-order valence-electron chi connectivity index (χ4n) is 1.98. The predicted molar refractivity (Wildman–Crippen MR) is 83.6 cm³/mol. The van der Waals surface area contributed by atoms with Gasteiger partial charge in [0.1, 0.15) is 0 Å². The van der Waals surface area contributed by atoms with Crippen molar-refractivity contribution in [3.05, 3.63) is 29.3 Å². The Hall–Kier alpha value is -1.17. The second-order valence-electron chi connectivity index (χ2n) is 5.59. The van der Waals surface area contributed by atoms with E-state index in [0.29, 0.717) is 5.92 Å².